The molecule has 1 fully saturated rings. The monoisotopic (exact) mass is 495 g/mol. The minimum Gasteiger partial charge on any atom is -0.469 e. The van der Waals surface area contributed by atoms with E-state index in [2.05, 4.69) is 24.3 Å². The predicted octanol–water partition coefficient (Wildman–Crippen LogP) is -1.75. The summed E-state index contributed by atoms with van der Waals surface area (Å²) in [5.74, 6) is -0.440. The van der Waals surface area contributed by atoms with Gasteiger partial charge in [0.05, 0.1) is 39.8 Å². The molecule has 1 aromatic heterocycles. The largest absolute Gasteiger partial charge is 0.469 e. The standard InChI is InChI=1S/C9H15N4O6P.C8H15NO4/c10-7-1-2-13(9(15)12-7)8-3-5(14)6(19-8)4-18-20(11,16)17;1-12-7(10)3-5-9-6-4-8(11)13-2/h1-2,5-6,8,14H,3-4H2,(H2,10,12,15)(H3,11,16,17);9H,3-6H2,1-2H3/t5-,6+,8+;/m0./s1. The smallest absolute Gasteiger partial charge is 0.400 e. The SMILES string of the molecule is COC(=O)CCNCCC(=O)OC.Nc1ccn([C@H]2C[C@H](O)[C@@H](COP(N)(=O)O)O2)c(=O)n1. The second-order valence-corrected chi connectivity index (χ2v) is 8.12. The second-order valence-electron chi connectivity index (χ2n) is 6.74. The normalized spacial score (nSPS) is 21.4. The molecule has 0 aliphatic carbocycles. The Hall–Kier alpha value is -2.39. The van der Waals surface area contributed by atoms with Crippen LogP contribution >= 0.6 is 7.75 Å². The summed E-state index contributed by atoms with van der Waals surface area (Å²) in [6.45, 7) is 0.673. The van der Waals surface area contributed by atoms with Crippen LogP contribution in [0.15, 0.2) is 17.1 Å². The number of anilines is 1. The molecule has 16 heteroatoms. The molecule has 0 radical (unpaired) electrons. The third kappa shape index (κ3) is 11.3. The molecule has 1 aliphatic rings. The van der Waals surface area contributed by atoms with E-state index in [9.17, 15) is 24.1 Å². The molecule has 1 aromatic rings. The number of nitrogens with one attached hydrogen (secondary N) is 1. The van der Waals surface area contributed by atoms with Gasteiger partial charge < -0.3 is 35.3 Å². The van der Waals surface area contributed by atoms with E-state index in [0.29, 0.717) is 25.9 Å². The number of hydrogen-bond donors (Lipinski definition) is 5. The predicted molar refractivity (Wildman–Crippen MR) is 114 cm³/mol. The Labute approximate surface area is 189 Å². The summed E-state index contributed by atoms with van der Waals surface area (Å²) < 4.78 is 30.7. The summed E-state index contributed by atoms with van der Waals surface area (Å²) in [6, 6.07) is 1.42. The first-order valence-electron chi connectivity index (χ1n) is 9.75. The first-order chi connectivity index (χ1) is 15.5. The van der Waals surface area contributed by atoms with E-state index >= 15 is 0 Å². The maximum atomic E-state index is 11.6. The van der Waals surface area contributed by atoms with Crippen molar-refractivity contribution < 1.29 is 42.9 Å². The van der Waals surface area contributed by atoms with Gasteiger partial charge in [-0.05, 0) is 6.07 Å². The minimum atomic E-state index is -4.14. The molecule has 0 bridgehead atoms. The van der Waals surface area contributed by atoms with Crippen LogP contribution in [0.25, 0.3) is 0 Å². The summed E-state index contributed by atoms with van der Waals surface area (Å²) in [5.41, 5.74) is 9.57. The molecule has 0 spiro atoms. The Morgan fingerprint density at radius 2 is 1.88 bits per heavy atom. The Morgan fingerprint density at radius 3 is 2.36 bits per heavy atom. The number of aliphatic hydroxyl groups is 1. The first kappa shape index (κ1) is 28.6. The first-order valence-corrected chi connectivity index (χ1v) is 11.4. The highest BCUT2D eigenvalue weighted by Gasteiger charge is 2.36. The number of rotatable bonds is 10. The summed E-state index contributed by atoms with van der Waals surface area (Å²) in [7, 11) is -1.45. The summed E-state index contributed by atoms with van der Waals surface area (Å²) in [6.07, 6.45) is -0.445. The molecule has 4 atom stereocenters. The van der Waals surface area contributed by atoms with Gasteiger partial charge in [0.15, 0.2) is 0 Å². The van der Waals surface area contributed by atoms with E-state index in [1.165, 1.54) is 31.0 Å². The van der Waals surface area contributed by atoms with E-state index in [4.69, 9.17) is 20.9 Å². The number of aromatic nitrogens is 2. The lowest BCUT2D eigenvalue weighted by molar-refractivity contribution is -0.140. The van der Waals surface area contributed by atoms with Gasteiger partial charge in [-0.25, -0.2) is 14.9 Å². The Kier molecular flexibility index (Phi) is 12.2. The maximum Gasteiger partial charge on any atom is 0.400 e. The second kappa shape index (κ2) is 14.0. The van der Waals surface area contributed by atoms with Crippen LogP contribution in [0.1, 0.15) is 25.5 Å². The average molecular weight is 495 g/mol. The fourth-order valence-corrected chi connectivity index (χ4v) is 2.93. The van der Waals surface area contributed by atoms with E-state index in [0.717, 1.165) is 0 Å². The molecule has 0 saturated carbocycles. The highest BCUT2D eigenvalue weighted by Crippen LogP contribution is 2.34. The van der Waals surface area contributed by atoms with E-state index < -0.39 is 31.9 Å². The number of esters is 2. The number of methoxy groups -OCH3 is 2. The number of nitrogen functional groups attached to an aromatic ring is 1. The summed E-state index contributed by atoms with van der Waals surface area (Å²) in [5, 5.41) is 12.7. The van der Waals surface area contributed by atoms with Crippen LogP contribution in [0.5, 0.6) is 0 Å². The summed E-state index contributed by atoms with van der Waals surface area (Å²) >= 11 is 0. The zero-order valence-corrected chi connectivity index (χ0v) is 19.2. The molecule has 2 rings (SSSR count). The van der Waals surface area contributed by atoms with Crippen molar-refractivity contribution in [3.05, 3.63) is 22.7 Å². The van der Waals surface area contributed by atoms with Crippen LogP contribution in [0.2, 0.25) is 0 Å². The molecular weight excluding hydrogens is 465 g/mol. The number of nitrogens with two attached hydrogens (primary N) is 2. The zero-order valence-electron chi connectivity index (χ0n) is 18.3. The van der Waals surface area contributed by atoms with Crippen LogP contribution in [0.3, 0.4) is 0 Å². The van der Waals surface area contributed by atoms with Crippen LogP contribution in [-0.2, 0) is 32.9 Å². The van der Waals surface area contributed by atoms with Crippen LogP contribution in [0, 0.1) is 0 Å². The number of aliphatic hydroxyl groups excluding tert-OH is 1. The van der Waals surface area contributed by atoms with Gasteiger partial charge in [0.1, 0.15) is 18.1 Å². The third-order valence-electron chi connectivity index (χ3n) is 4.26. The fourth-order valence-electron chi connectivity index (χ4n) is 2.57. The molecule has 15 nitrogen and oxygen atoms in total. The lowest BCUT2D eigenvalue weighted by Gasteiger charge is -2.16. The lowest BCUT2D eigenvalue weighted by Crippen LogP contribution is -2.28. The number of ether oxygens (including phenoxy) is 3. The van der Waals surface area contributed by atoms with Crippen molar-refractivity contribution >= 4 is 25.5 Å². The lowest BCUT2D eigenvalue weighted by atomic mass is 10.2. The van der Waals surface area contributed by atoms with Gasteiger partial charge >= 0.3 is 25.4 Å². The molecule has 1 unspecified atom stereocenters. The van der Waals surface area contributed by atoms with Crippen LogP contribution in [-0.4, -0.2) is 77.6 Å². The maximum absolute atomic E-state index is 11.6. The summed E-state index contributed by atoms with van der Waals surface area (Å²) in [4.78, 5) is 45.2. The molecule has 188 valence electrons. The Bertz CT molecular complexity index is 858. The van der Waals surface area contributed by atoms with Crippen LogP contribution < -0.4 is 22.2 Å². The van der Waals surface area contributed by atoms with Crippen molar-refractivity contribution in [2.24, 2.45) is 5.50 Å². The molecule has 33 heavy (non-hydrogen) atoms. The molecule has 2 heterocycles. The highest BCUT2D eigenvalue weighted by atomic mass is 31.2. The number of hydrogen-bond acceptors (Lipinski definition) is 12. The zero-order chi connectivity index (χ0) is 25.0. The Balaban J connectivity index is 0.000000366. The highest BCUT2D eigenvalue weighted by molar-refractivity contribution is 7.50. The van der Waals surface area contributed by atoms with Gasteiger partial charge in [0.2, 0.25) is 0 Å². The van der Waals surface area contributed by atoms with Gasteiger partial charge in [-0.2, -0.15) is 4.98 Å². The van der Waals surface area contributed by atoms with E-state index in [1.807, 2.05) is 0 Å². The molecule has 1 aliphatic heterocycles. The van der Waals surface area contributed by atoms with Gasteiger partial charge in [0, 0.05) is 25.7 Å². The number of carbonyl (C=O) groups is 2. The number of carbonyl (C=O) groups excluding carboxylic acids is 2. The van der Waals surface area contributed by atoms with Crippen molar-refractivity contribution in [3.8, 4) is 0 Å². The molecule has 0 amide bonds. The Morgan fingerprint density at radius 1 is 1.30 bits per heavy atom. The quantitative estimate of drug-likeness (QED) is 0.138. The van der Waals surface area contributed by atoms with Crippen molar-refractivity contribution in [3.63, 3.8) is 0 Å². The third-order valence-corrected chi connectivity index (χ3v) is 4.78. The van der Waals surface area contributed by atoms with Crippen molar-refractivity contribution in [2.45, 2.75) is 37.7 Å². The average Bonchev–Trinajstić information content (AvgIpc) is 3.11. The molecular formula is C17H30N5O10P. The topological polar surface area (TPSA) is 228 Å². The van der Waals surface area contributed by atoms with Gasteiger partial charge in [-0.1, -0.05) is 0 Å². The van der Waals surface area contributed by atoms with Crippen molar-refractivity contribution in [1.29, 1.82) is 0 Å². The van der Waals surface area contributed by atoms with Gasteiger partial charge in [-0.3, -0.25) is 18.7 Å². The van der Waals surface area contributed by atoms with Gasteiger partial charge in [0.25, 0.3) is 0 Å². The van der Waals surface area contributed by atoms with Crippen molar-refractivity contribution in [1.82, 2.24) is 14.9 Å². The van der Waals surface area contributed by atoms with Crippen LogP contribution in [0.4, 0.5) is 5.82 Å². The number of nitrogens with zero attached hydrogens (tertiary/aromatic N) is 2. The van der Waals surface area contributed by atoms with Gasteiger partial charge in [-0.15, -0.1) is 0 Å². The molecule has 1 saturated heterocycles. The van der Waals surface area contributed by atoms with E-state index in [1.54, 1.807) is 0 Å². The van der Waals surface area contributed by atoms with E-state index in [-0.39, 0.29) is 30.8 Å². The molecule has 0 aromatic carbocycles. The van der Waals surface area contributed by atoms with Crippen molar-refractivity contribution in [2.75, 3.05) is 39.6 Å². The fraction of sp³-hybridized carbons (Fsp3) is 0.647. The minimum absolute atomic E-state index is 0.0778. The molecule has 7 N–H and O–H groups in total.